The topological polar surface area (TPSA) is 69.6 Å². The van der Waals surface area contributed by atoms with Crippen molar-refractivity contribution in [3.8, 4) is 0 Å². The van der Waals surface area contributed by atoms with Crippen molar-refractivity contribution in [1.29, 1.82) is 0 Å². The summed E-state index contributed by atoms with van der Waals surface area (Å²) in [7, 11) is 0. The molecule has 0 radical (unpaired) electrons. The van der Waals surface area contributed by atoms with E-state index in [0.29, 0.717) is 6.42 Å². The lowest BCUT2D eigenvalue weighted by molar-refractivity contribution is -0.123. The molecule has 0 spiro atoms. The van der Waals surface area contributed by atoms with E-state index >= 15 is 0 Å². The minimum atomic E-state index is -0.826. The molecule has 0 aliphatic carbocycles. The molecule has 0 aromatic carbocycles. The smallest absolute Gasteiger partial charge is 0.220 e. The molecule has 0 rings (SSSR count). The maximum absolute atomic E-state index is 11.8. The molecule has 1 unspecified atom stereocenters. The molecule has 0 aromatic rings. The van der Waals surface area contributed by atoms with Gasteiger partial charge in [0.05, 0.1) is 18.8 Å². The van der Waals surface area contributed by atoms with Crippen molar-refractivity contribution in [3.05, 3.63) is 12.2 Å². The first-order valence-electron chi connectivity index (χ1n) is 11.9. The maximum atomic E-state index is 11.8. The highest BCUT2D eigenvalue weighted by atomic mass is 16.3. The molecule has 0 aliphatic heterocycles. The van der Waals surface area contributed by atoms with E-state index in [4.69, 9.17) is 0 Å². The highest BCUT2D eigenvalue weighted by Crippen LogP contribution is 2.12. The summed E-state index contributed by atoms with van der Waals surface area (Å²) in [4.78, 5) is 11.8. The first-order chi connectivity index (χ1) is 13.7. The second-order valence-corrected chi connectivity index (χ2v) is 8.06. The Hall–Kier alpha value is -0.870. The number of amides is 1. The molecular weight excluding hydrogens is 350 g/mol. The fourth-order valence-electron chi connectivity index (χ4n) is 3.35. The van der Waals surface area contributed by atoms with E-state index in [1.165, 1.54) is 64.2 Å². The van der Waals surface area contributed by atoms with Crippen LogP contribution in [0.2, 0.25) is 0 Å². The van der Waals surface area contributed by atoms with E-state index in [-0.39, 0.29) is 12.5 Å². The van der Waals surface area contributed by atoms with Crippen LogP contribution in [0.25, 0.3) is 0 Å². The molecule has 0 fully saturated rings. The van der Waals surface area contributed by atoms with E-state index in [1.807, 2.05) is 6.08 Å². The molecule has 0 saturated heterocycles. The Labute approximate surface area is 174 Å². The highest BCUT2D eigenvalue weighted by Gasteiger charge is 2.17. The van der Waals surface area contributed by atoms with Crippen LogP contribution in [0.1, 0.15) is 117 Å². The number of hydrogen-bond donors (Lipinski definition) is 3. The first kappa shape index (κ1) is 27.1. The summed E-state index contributed by atoms with van der Waals surface area (Å²) in [6.45, 7) is 4.11. The Morgan fingerprint density at radius 3 is 1.86 bits per heavy atom. The van der Waals surface area contributed by atoms with Crippen LogP contribution in [0.3, 0.4) is 0 Å². The lowest BCUT2D eigenvalue weighted by atomic mass is 10.0. The number of nitrogens with one attached hydrogen (secondary N) is 1. The van der Waals surface area contributed by atoms with Crippen LogP contribution in [-0.2, 0) is 4.79 Å². The Balaban J connectivity index is 3.66. The van der Waals surface area contributed by atoms with E-state index in [0.717, 1.165) is 32.1 Å². The standard InChI is InChI=1S/C24H47NO3/c1-3-5-7-8-9-10-11-12-13-14-15-16-18-19-23(27)22(21-26)25-24(28)20-17-6-4-2/h18-19,22-23,26-27H,3-17,20-21H2,1-2H3,(H,25,28)/b19-18+/t22?,23-/m1/s1. The van der Waals surface area contributed by atoms with Crippen LogP contribution >= 0.6 is 0 Å². The van der Waals surface area contributed by atoms with Crippen molar-refractivity contribution in [2.45, 2.75) is 129 Å². The van der Waals surface area contributed by atoms with Gasteiger partial charge in [-0.15, -0.1) is 0 Å². The van der Waals surface area contributed by atoms with Gasteiger partial charge in [-0.1, -0.05) is 103 Å². The van der Waals surface area contributed by atoms with Gasteiger partial charge in [-0.3, -0.25) is 4.79 Å². The van der Waals surface area contributed by atoms with E-state index in [1.54, 1.807) is 6.08 Å². The SMILES string of the molecule is CCCCCCCCCCCCC/C=C/[C@@H](O)C(CO)NC(=O)CCCCC. The van der Waals surface area contributed by atoms with Crippen LogP contribution in [0.5, 0.6) is 0 Å². The second-order valence-electron chi connectivity index (χ2n) is 8.06. The quantitative estimate of drug-likeness (QED) is 0.183. The van der Waals surface area contributed by atoms with Crippen LogP contribution in [0.15, 0.2) is 12.2 Å². The molecule has 0 aromatic heterocycles. The number of aliphatic hydroxyl groups is 2. The number of aliphatic hydroxyl groups excluding tert-OH is 2. The van der Waals surface area contributed by atoms with Gasteiger partial charge in [0.1, 0.15) is 0 Å². The molecule has 166 valence electrons. The number of unbranched alkanes of at least 4 members (excludes halogenated alkanes) is 13. The van der Waals surface area contributed by atoms with Gasteiger partial charge in [0.15, 0.2) is 0 Å². The zero-order valence-electron chi connectivity index (χ0n) is 18.6. The summed E-state index contributed by atoms with van der Waals surface area (Å²) >= 11 is 0. The van der Waals surface area contributed by atoms with Crippen LogP contribution in [-0.4, -0.2) is 34.9 Å². The van der Waals surface area contributed by atoms with Crippen molar-refractivity contribution in [2.24, 2.45) is 0 Å². The molecule has 0 heterocycles. The Morgan fingerprint density at radius 1 is 0.821 bits per heavy atom. The van der Waals surface area contributed by atoms with Crippen LogP contribution in [0, 0.1) is 0 Å². The highest BCUT2D eigenvalue weighted by molar-refractivity contribution is 5.76. The van der Waals surface area contributed by atoms with E-state index < -0.39 is 12.1 Å². The summed E-state index contributed by atoms with van der Waals surface area (Å²) in [6, 6.07) is -0.609. The molecule has 1 amide bonds. The second kappa shape index (κ2) is 20.9. The molecule has 4 heteroatoms. The van der Waals surface area contributed by atoms with Crippen molar-refractivity contribution >= 4 is 5.91 Å². The summed E-state index contributed by atoms with van der Waals surface area (Å²) in [6.07, 6.45) is 21.8. The van der Waals surface area contributed by atoms with Gasteiger partial charge in [-0.25, -0.2) is 0 Å². The lowest BCUT2D eigenvalue weighted by Crippen LogP contribution is -2.45. The predicted octanol–water partition coefficient (Wildman–Crippen LogP) is 5.66. The average Bonchev–Trinajstić information content (AvgIpc) is 2.69. The third-order valence-electron chi connectivity index (χ3n) is 5.27. The Morgan fingerprint density at radius 2 is 1.32 bits per heavy atom. The van der Waals surface area contributed by atoms with Gasteiger partial charge in [0.25, 0.3) is 0 Å². The van der Waals surface area contributed by atoms with Gasteiger partial charge >= 0.3 is 0 Å². The number of rotatable bonds is 20. The van der Waals surface area contributed by atoms with Crippen LogP contribution < -0.4 is 5.32 Å². The molecule has 2 atom stereocenters. The van der Waals surface area contributed by atoms with Crippen molar-refractivity contribution < 1.29 is 15.0 Å². The first-order valence-corrected chi connectivity index (χ1v) is 11.9. The van der Waals surface area contributed by atoms with Gasteiger partial charge in [0.2, 0.25) is 5.91 Å². The predicted molar refractivity (Wildman–Crippen MR) is 119 cm³/mol. The third kappa shape index (κ3) is 17.2. The fourth-order valence-corrected chi connectivity index (χ4v) is 3.35. The number of carbonyl (C=O) groups is 1. The number of allylic oxidation sites excluding steroid dienone is 1. The van der Waals surface area contributed by atoms with Gasteiger partial charge in [0, 0.05) is 6.42 Å². The molecule has 0 bridgehead atoms. The monoisotopic (exact) mass is 397 g/mol. The summed E-state index contributed by atoms with van der Waals surface area (Å²) < 4.78 is 0. The molecule has 4 nitrogen and oxygen atoms in total. The zero-order chi connectivity index (χ0) is 20.9. The largest absolute Gasteiger partial charge is 0.394 e. The van der Waals surface area contributed by atoms with Crippen molar-refractivity contribution in [2.75, 3.05) is 6.61 Å². The van der Waals surface area contributed by atoms with E-state index in [2.05, 4.69) is 19.2 Å². The molecule has 28 heavy (non-hydrogen) atoms. The van der Waals surface area contributed by atoms with Crippen LogP contribution in [0.4, 0.5) is 0 Å². The zero-order valence-corrected chi connectivity index (χ0v) is 18.6. The van der Waals surface area contributed by atoms with E-state index in [9.17, 15) is 15.0 Å². The normalized spacial score (nSPS) is 13.7. The van der Waals surface area contributed by atoms with Gasteiger partial charge in [-0.05, 0) is 19.3 Å². The Bertz CT molecular complexity index is 371. The number of carbonyl (C=O) groups excluding carboxylic acids is 1. The maximum Gasteiger partial charge on any atom is 0.220 e. The minimum Gasteiger partial charge on any atom is -0.394 e. The number of hydrogen-bond acceptors (Lipinski definition) is 3. The van der Waals surface area contributed by atoms with Crippen molar-refractivity contribution in [1.82, 2.24) is 5.32 Å². The molecular formula is C24H47NO3. The summed E-state index contributed by atoms with van der Waals surface area (Å²) in [5.74, 6) is -0.0923. The lowest BCUT2D eigenvalue weighted by Gasteiger charge is -2.19. The summed E-state index contributed by atoms with van der Waals surface area (Å²) in [5.41, 5.74) is 0. The minimum absolute atomic E-state index is 0.0923. The van der Waals surface area contributed by atoms with Crippen molar-refractivity contribution in [3.63, 3.8) is 0 Å². The molecule has 0 saturated carbocycles. The van der Waals surface area contributed by atoms with Gasteiger partial charge in [-0.2, -0.15) is 0 Å². The third-order valence-corrected chi connectivity index (χ3v) is 5.27. The Kier molecular flexibility index (Phi) is 20.2. The molecule has 3 N–H and O–H groups in total. The fraction of sp³-hybridized carbons (Fsp3) is 0.875. The van der Waals surface area contributed by atoms with Gasteiger partial charge < -0.3 is 15.5 Å². The molecule has 0 aliphatic rings. The summed E-state index contributed by atoms with van der Waals surface area (Å²) in [5, 5.41) is 22.3. The average molecular weight is 398 g/mol.